The molecule has 0 bridgehead atoms. The number of aromatic carboxylic acids is 1. The number of carboxylic acids is 1. The van der Waals surface area contributed by atoms with Crippen LogP contribution < -0.4 is 14.8 Å². The minimum Gasteiger partial charge on any atom is -0.490 e. The maximum absolute atomic E-state index is 12.1. The molecule has 2 aromatic rings. The summed E-state index contributed by atoms with van der Waals surface area (Å²) in [6.45, 7) is 6.09. The third kappa shape index (κ3) is 5.51. The number of amides is 1. The molecule has 0 radical (unpaired) electrons. The van der Waals surface area contributed by atoms with Crippen LogP contribution in [0.2, 0.25) is 0 Å². The van der Waals surface area contributed by atoms with Crippen molar-refractivity contribution < 1.29 is 24.2 Å². The lowest BCUT2D eigenvalue weighted by atomic mass is 9.95. The maximum atomic E-state index is 12.1. The number of benzene rings is 2. The van der Waals surface area contributed by atoms with Crippen LogP contribution in [0.15, 0.2) is 48.5 Å². The van der Waals surface area contributed by atoms with Crippen LogP contribution in [0.25, 0.3) is 0 Å². The van der Waals surface area contributed by atoms with Crippen molar-refractivity contribution >= 4 is 17.6 Å². The Hall–Kier alpha value is -3.02. The van der Waals surface area contributed by atoms with Crippen molar-refractivity contribution in [3.05, 3.63) is 54.1 Å². The van der Waals surface area contributed by atoms with Crippen molar-refractivity contribution in [2.75, 3.05) is 18.5 Å². The number of nitrogens with one attached hydrogen (secondary N) is 1. The second-order valence-electron chi connectivity index (χ2n) is 6.73. The number of carbonyl (C=O) groups excluding carboxylic acids is 1. The summed E-state index contributed by atoms with van der Waals surface area (Å²) < 4.78 is 11.2. The largest absolute Gasteiger partial charge is 0.490 e. The molecule has 26 heavy (non-hydrogen) atoms. The highest BCUT2D eigenvalue weighted by atomic mass is 16.5. The summed E-state index contributed by atoms with van der Waals surface area (Å²) in [5, 5.41) is 11.7. The van der Waals surface area contributed by atoms with Gasteiger partial charge in [-0.25, -0.2) is 4.79 Å². The minimum absolute atomic E-state index is 0.0941. The van der Waals surface area contributed by atoms with Gasteiger partial charge in [0.15, 0.2) is 0 Å². The van der Waals surface area contributed by atoms with Crippen molar-refractivity contribution in [3.63, 3.8) is 0 Å². The Bertz CT molecular complexity index is 763. The molecule has 0 atom stereocenters. The van der Waals surface area contributed by atoms with Crippen LogP contribution >= 0.6 is 0 Å². The van der Waals surface area contributed by atoms with Gasteiger partial charge in [-0.15, -0.1) is 0 Å². The zero-order chi connectivity index (χ0) is 19.2. The first kappa shape index (κ1) is 19.3. The number of ether oxygens (including phenoxy) is 2. The SMILES string of the molecule is CC(C)(C)C(=O)Nc1ccccc1OCCOc1ccc(C(=O)O)cc1. The average molecular weight is 357 g/mol. The Balaban J connectivity index is 1.88. The van der Waals surface area contributed by atoms with Crippen LogP contribution in [0.5, 0.6) is 11.5 Å². The van der Waals surface area contributed by atoms with Gasteiger partial charge in [-0.1, -0.05) is 32.9 Å². The van der Waals surface area contributed by atoms with Gasteiger partial charge in [0, 0.05) is 5.41 Å². The number of carboxylic acid groups (broad SMARTS) is 1. The molecule has 0 spiro atoms. The minimum atomic E-state index is -0.978. The van der Waals surface area contributed by atoms with Gasteiger partial charge in [0.1, 0.15) is 24.7 Å². The summed E-state index contributed by atoms with van der Waals surface area (Å²) in [7, 11) is 0. The molecule has 0 aliphatic heterocycles. The maximum Gasteiger partial charge on any atom is 0.335 e. The topological polar surface area (TPSA) is 84.9 Å². The first-order valence-corrected chi connectivity index (χ1v) is 8.27. The van der Waals surface area contributed by atoms with Gasteiger partial charge in [-0.05, 0) is 36.4 Å². The smallest absolute Gasteiger partial charge is 0.335 e. The van der Waals surface area contributed by atoms with Crippen LogP contribution in [-0.4, -0.2) is 30.2 Å². The third-order valence-corrected chi connectivity index (χ3v) is 3.53. The predicted octanol–water partition coefficient (Wildman–Crippen LogP) is 3.83. The fraction of sp³-hybridized carbons (Fsp3) is 0.300. The quantitative estimate of drug-likeness (QED) is 0.736. The van der Waals surface area contributed by atoms with E-state index in [9.17, 15) is 9.59 Å². The number of carbonyl (C=O) groups is 2. The van der Waals surface area contributed by atoms with E-state index in [1.165, 1.54) is 12.1 Å². The van der Waals surface area contributed by atoms with Gasteiger partial charge >= 0.3 is 5.97 Å². The van der Waals surface area contributed by atoms with Crippen LogP contribution in [0, 0.1) is 5.41 Å². The van der Waals surface area contributed by atoms with Crippen LogP contribution in [0.3, 0.4) is 0 Å². The molecule has 0 aromatic heterocycles. The second kappa shape index (κ2) is 8.38. The van der Waals surface area contributed by atoms with Crippen molar-refractivity contribution in [1.82, 2.24) is 0 Å². The third-order valence-electron chi connectivity index (χ3n) is 3.53. The van der Waals surface area contributed by atoms with E-state index in [0.29, 0.717) is 17.2 Å². The van der Waals surface area contributed by atoms with E-state index in [1.54, 1.807) is 24.3 Å². The van der Waals surface area contributed by atoms with E-state index in [1.807, 2.05) is 32.9 Å². The first-order valence-electron chi connectivity index (χ1n) is 8.27. The molecule has 2 N–H and O–H groups in total. The molecular formula is C20H23NO5. The summed E-state index contributed by atoms with van der Waals surface area (Å²) in [6.07, 6.45) is 0. The molecule has 6 heteroatoms. The molecule has 0 heterocycles. The Kier molecular flexibility index (Phi) is 6.22. The summed E-state index contributed by atoms with van der Waals surface area (Å²) in [6, 6.07) is 13.4. The molecule has 0 unspecified atom stereocenters. The van der Waals surface area contributed by atoms with E-state index in [-0.39, 0.29) is 24.7 Å². The number of rotatable bonds is 7. The molecule has 6 nitrogen and oxygen atoms in total. The molecule has 0 aliphatic rings. The Morgan fingerprint density at radius 3 is 2.19 bits per heavy atom. The summed E-state index contributed by atoms with van der Waals surface area (Å²) in [5.74, 6) is 0.0555. The van der Waals surface area contributed by atoms with E-state index >= 15 is 0 Å². The van der Waals surface area contributed by atoms with Crippen molar-refractivity contribution in [2.45, 2.75) is 20.8 Å². The van der Waals surface area contributed by atoms with Gasteiger partial charge in [0.25, 0.3) is 0 Å². The Morgan fingerprint density at radius 1 is 0.962 bits per heavy atom. The molecular weight excluding hydrogens is 334 g/mol. The van der Waals surface area contributed by atoms with Crippen LogP contribution in [0.4, 0.5) is 5.69 Å². The summed E-state index contributed by atoms with van der Waals surface area (Å²) in [4.78, 5) is 23.0. The first-order chi connectivity index (χ1) is 12.3. The predicted molar refractivity (Wildman–Crippen MR) is 98.9 cm³/mol. The zero-order valence-corrected chi connectivity index (χ0v) is 15.1. The number of hydrogen-bond acceptors (Lipinski definition) is 4. The molecule has 0 aliphatic carbocycles. The van der Waals surface area contributed by atoms with E-state index in [2.05, 4.69) is 5.32 Å². The highest BCUT2D eigenvalue weighted by Crippen LogP contribution is 2.26. The molecule has 1 amide bonds. The number of para-hydroxylation sites is 2. The lowest BCUT2D eigenvalue weighted by Crippen LogP contribution is -2.27. The fourth-order valence-electron chi connectivity index (χ4n) is 2.01. The molecule has 138 valence electrons. The molecule has 2 aromatic carbocycles. The van der Waals surface area contributed by atoms with E-state index in [0.717, 1.165) is 0 Å². The van der Waals surface area contributed by atoms with Crippen LogP contribution in [-0.2, 0) is 4.79 Å². The fourth-order valence-corrected chi connectivity index (χ4v) is 2.01. The number of hydrogen-bond donors (Lipinski definition) is 2. The molecule has 0 saturated carbocycles. The monoisotopic (exact) mass is 357 g/mol. The van der Waals surface area contributed by atoms with Gasteiger partial charge in [-0.3, -0.25) is 4.79 Å². The van der Waals surface area contributed by atoms with Gasteiger partial charge < -0.3 is 19.9 Å². The summed E-state index contributed by atoms with van der Waals surface area (Å²) >= 11 is 0. The van der Waals surface area contributed by atoms with E-state index < -0.39 is 11.4 Å². The van der Waals surface area contributed by atoms with Crippen LogP contribution in [0.1, 0.15) is 31.1 Å². The average Bonchev–Trinajstić information content (AvgIpc) is 2.59. The standard InChI is InChI=1S/C20H23NO5/c1-20(2,3)19(24)21-16-6-4-5-7-17(16)26-13-12-25-15-10-8-14(9-11-15)18(22)23/h4-11H,12-13H2,1-3H3,(H,21,24)(H,22,23). The lowest BCUT2D eigenvalue weighted by Gasteiger charge is -2.19. The normalized spacial score (nSPS) is 10.9. The highest BCUT2D eigenvalue weighted by molar-refractivity contribution is 5.95. The number of anilines is 1. The highest BCUT2D eigenvalue weighted by Gasteiger charge is 2.22. The lowest BCUT2D eigenvalue weighted by molar-refractivity contribution is -0.123. The molecule has 0 fully saturated rings. The van der Waals surface area contributed by atoms with Gasteiger partial charge in [0.2, 0.25) is 5.91 Å². The molecule has 0 saturated heterocycles. The van der Waals surface area contributed by atoms with E-state index in [4.69, 9.17) is 14.6 Å². The van der Waals surface area contributed by atoms with Crippen molar-refractivity contribution in [2.24, 2.45) is 5.41 Å². The van der Waals surface area contributed by atoms with Gasteiger partial charge in [-0.2, -0.15) is 0 Å². The zero-order valence-electron chi connectivity index (χ0n) is 15.1. The Morgan fingerprint density at radius 2 is 1.58 bits per heavy atom. The van der Waals surface area contributed by atoms with Crippen molar-refractivity contribution in [1.29, 1.82) is 0 Å². The molecule has 2 rings (SSSR count). The van der Waals surface area contributed by atoms with Gasteiger partial charge in [0.05, 0.1) is 11.3 Å². The van der Waals surface area contributed by atoms with Crippen molar-refractivity contribution in [3.8, 4) is 11.5 Å². The summed E-state index contributed by atoms with van der Waals surface area (Å²) in [5.41, 5.74) is 0.313. The second-order valence-corrected chi connectivity index (χ2v) is 6.73. The Labute approximate surface area is 152 Å².